The number of hydrogen-bond donors (Lipinski definition) is 2. The molecule has 0 aliphatic heterocycles. The molecular weight excluding hydrogens is 256 g/mol. The molecule has 15 heavy (non-hydrogen) atoms. The highest BCUT2D eigenvalue weighted by molar-refractivity contribution is 8.76. The second-order valence-electron chi connectivity index (χ2n) is 2.14. The van der Waals surface area contributed by atoms with E-state index in [2.05, 4.69) is 16.0 Å². The Hall–Kier alpha value is -0.220. The zero-order valence-corrected chi connectivity index (χ0v) is 10.7. The molecule has 4 nitrogen and oxygen atoms in total. The van der Waals surface area contributed by atoms with E-state index in [1.807, 2.05) is 0 Å². The van der Waals surface area contributed by atoms with E-state index < -0.39 is 6.09 Å². The lowest BCUT2D eigenvalue weighted by atomic mass is 10.7. The van der Waals surface area contributed by atoms with Gasteiger partial charge in [0.25, 0.3) is 0 Å². The van der Waals surface area contributed by atoms with Crippen molar-refractivity contribution in [3.63, 3.8) is 0 Å². The molecule has 0 aliphatic carbocycles. The summed E-state index contributed by atoms with van der Waals surface area (Å²) >= 11 is 0. The predicted molar refractivity (Wildman–Crippen MR) is 69.4 cm³/mol. The number of amides is 1. The summed E-state index contributed by atoms with van der Waals surface area (Å²) in [6.45, 7) is 1.27. The van der Waals surface area contributed by atoms with E-state index in [4.69, 9.17) is 12.2 Å². The van der Waals surface area contributed by atoms with Crippen molar-refractivity contribution in [2.75, 3.05) is 31.2 Å². The number of ether oxygens (including phenoxy) is 1. The molecule has 0 aromatic heterocycles. The first kappa shape index (κ1) is 17.2. The lowest BCUT2D eigenvalue weighted by Gasteiger charge is -2.03. The number of halogens is 1. The molecule has 7 heteroatoms. The zero-order chi connectivity index (χ0) is 10.6. The van der Waals surface area contributed by atoms with Crippen LogP contribution in [0.15, 0.2) is 0 Å². The average molecular weight is 271 g/mol. The SMILES string of the molecule is C#CCOC(=O)NCCSSCCN.Cl. The van der Waals surface area contributed by atoms with Crippen LogP contribution in [-0.2, 0) is 4.74 Å². The van der Waals surface area contributed by atoms with E-state index in [0.29, 0.717) is 13.1 Å². The van der Waals surface area contributed by atoms with Crippen molar-refractivity contribution in [2.24, 2.45) is 5.73 Å². The molecule has 0 bridgehead atoms. The van der Waals surface area contributed by atoms with Gasteiger partial charge in [0.1, 0.15) is 0 Å². The van der Waals surface area contributed by atoms with Gasteiger partial charge in [-0.2, -0.15) is 0 Å². The van der Waals surface area contributed by atoms with Gasteiger partial charge in [-0.15, -0.1) is 18.8 Å². The molecule has 0 aliphatic rings. The number of alkyl carbamates (subject to hydrolysis) is 1. The summed E-state index contributed by atoms with van der Waals surface area (Å²) in [5, 5.41) is 2.57. The van der Waals surface area contributed by atoms with Crippen LogP contribution in [0.5, 0.6) is 0 Å². The maximum atomic E-state index is 10.8. The molecule has 0 aromatic rings. The average Bonchev–Trinajstić information content (AvgIpc) is 2.20. The molecule has 0 heterocycles. The molecule has 3 N–H and O–H groups in total. The van der Waals surface area contributed by atoms with Gasteiger partial charge in [-0.1, -0.05) is 27.5 Å². The van der Waals surface area contributed by atoms with Crippen molar-refractivity contribution in [3.8, 4) is 12.3 Å². The second kappa shape index (κ2) is 13.8. The quantitative estimate of drug-likeness (QED) is 0.412. The molecule has 0 saturated carbocycles. The van der Waals surface area contributed by atoms with Crippen LogP contribution in [-0.4, -0.2) is 37.3 Å². The standard InChI is InChI=1S/C8H14N2O2S2.ClH/c1-2-5-12-8(11)10-4-7-14-13-6-3-9;/h1H,3-7,9H2,(H,10,11);1H. The number of nitrogens with one attached hydrogen (secondary N) is 1. The van der Waals surface area contributed by atoms with Crippen molar-refractivity contribution in [3.05, 3.63) is 0 Å². The summed E-state index contributed by atoms with van der Waals surface area (Å²) in [6, 6.07) is 0. The Morgan fingerprint density at radius 3 is 2.73 bits per heavy atom. The third-order valence-electron chi connectivity index (χ3n) is 1.03. The van der Waals surface area contributed by atoms with E-state index in [1.54, 1.807) is 21.6 Å². The lowest BCUT2D eigenvalue weighted by molar-refractivity contribution is 0.161. The van der Waals surface area contributed by atoms with Gasteiger partial charge in [0.15, 0.2) is 6.61 Å². The Balaban J connectivity index is 0. The number of hydrogen-bond acceptors (Lipinski definition) is 5. The fourth-order valence-corrected chi connectivity index (χ4v) is 2.28. The Morgan fingerprint density at radius 2 is 2.13 bits per heavy atom. The summed E-state index contributed by atoms with van der Waals surface area (Å²) in [5.74, 6) is 3.96. The van der Waals surface area contributed by atoms with Gasteiger partial charge in [0.2, 0.25) is 0 Å². The normalized spacial score (nSPS) is 8.53. The summed E-state index contributed by atoms with van der Waals surface area (Å²) in [4.78, 5) is 10.8. The highest BCUT2D eigenvalue weighted by Gasteiger charge is 1.98. The zero-order valence-electron chi connectivity index (χ0n) is 8.23. The number of carbonyl (C=O) groups is 1. The van der Waals surface area contributed by atoms with Crippen molar-refractivity contribution < 1.29 is 9.53 Å². The summed E-state index contributed by atoms with van der Waals surface area (Å²) in [6.07, 6.45) is 4.45. The third kappa shape index (κ3) is 13.8. The van der Waals surface area contributed by atoms with Gasteiger partial charge in [-0.05, 0) is 0 Å². The third-order valence-corrected chi connectivity index (χ3v) is 3.47. The Bertz CT molecular complexity index is 200. The Morgan fingerprint density at radius 1 is 1.47 bits per heavy atom. The monoisotopic (exact) mass is 270 g/mol. The largest absolute Gasteiger partial charge is 0.436 e. The number of terminal acetylenes is 1. The fourth-order valence-electron chi connectivity index (χ4n) is 0.519. The van der Waals surface area contributed by atoms with Gasteiger partial charge in [-0.25, -0.2) is 4.79 Å². The van der Waals surface area contributed by atoms with E-state index in [-0.39, 0.29) is 19.0 Å². The van der Waals surface area contributed by atoms with Gasteiger partial charge in [0, 0.05) is 24.6 Å². The molecule has 88 valence electrons. The van der Waals surface area contributed by atoms with E-state index in [1.165, 1.54) is 0 Å². The molecule has 0 fully saturated rings. The van der Waals surface area contributed by atoms with E-state index >= 15 is 0 Å². The van der Waals surface area contributed by atoms with Gasteiger partial charge in [0.05, 0.1) is 0 Å². The minimum Gasteiger partial charge on any atom is -0.436 e. The van der Waals surface area contributed by atoms with Crippen LogP contribution in [0.1, 0.15) is 0 Å². The molecule has 0 radical (unpaired) electrons. The molecule has 0 spiro atoms. The predicted octanol–water partition coefficient (Wildman–Crippen LogP) is 1.11. The van der Waals surface area contributed by atoms with Gasteiger partial charge < -0.3 is 15.8 Å². The number of carbonyl (C=O) groups excluding carboxylic acids is 1. The van der Waals surface area contributed by atoms with E-state index in [9.17, 15) is 4.79 Å². The first-order chi connectivity index (χ1) is 6.81. The molecular formula is C8H15ClN2O2S2. The first-order valence-electron chi connectivity index (χ1n) is 4.09. The fraction of sp³-hybridized carbons (Fsp3) is 0.625. The van der Waals surface area contributed by atoms with E-state index in [0.717, 1.165) is 11.5 Å². The number of rotatable bonds is 7. The topological polar surface area (TPSA) is 64.3 Å². The second-order valence-corrected chi connectivity index (χ2v) is 4.84. The van der Waals surface area contributed by atoms with Crippen molar-refractivity contribution >= 4 is 40.1 Å². The molecule has 0 aromatic carbocycles. The van der Waals surface area contributed by atoms with Crippen LogP contribution < -0.4 is 11.1 Å². The minimum absolute atomic E-state index is 0. The highest BCUT2D eigenvalue weighted by atomic mass is 35.5. The minimum atomic E-state index is -0.465. The van der Waals surface area contributed by atoms with Gasteiger partial charge in [-0.3, -0.25) is 0 Å². The molecule has 0 atom stereocenters. The summed E-state index contributed by atoms with van der Waals surface area (Å²) < 4.78 is 4.60. The van der Waals surface area contributed by atoms with Crippen molar-refractivity contribution in [2.45, 2.75) is 0 Å². The lowest BCUT2D eigenvalue weighted by Crippen LogP contribution is -2.26. The molecule has 0 rings (SSSR count). The van der Waals surface area contributed by atoms with Crippen LogP contribution in [0.25, 0.3) is 0 Å². The van der Waals surface area contributed by atoms with Crippen LogP contribution in [0.3, 0.4) is 0 Å². The summed E-state index contributed by atoms with van der Waals surface area (Å²) in [5.41, 5.74) is 5.30. The van der Waals surface area contributed by atoms with Crippen LogP contribution in [0.4, 0.5) is 4.79 Å². The smallest absolute Gasteiger partial charge is 0.408 e. The molecule has 1 amide bonds. The summed E-state index contributed by atoms with van der Waals surface area (Å²) in [7, 11) is 3.36. The Kier molecular flexibility index (Phi) is 15.8. The maximum Gasteiger partial charge on any atom is 0.408 e. The van der Waals surface area contributed by atoms with Crippen molar-refractivity contribution in [1.82, 2.24) is 5.32 Å². The Labute approximate surface area is 104 Å². The van der Waals surface area contributed by atoms with Crippen LogP contribution >= 0.6 is 34.0 Å². The van der Waals surface area contributed by atoms with Gasteiger partial charge >= 0.3 is 6.09 Å². The van der Waals surface area contributed by atoms with Crippen molar-refractivity contribution in [1.29, 1.82) is 0 Å². The van der Waals surface area contributed by atoms with Crippen LogP contribution in [0, 0.1) is 12.3 Å². The van der Waals surface area contributed by atoms with Crippen LogP contribution in [0.2, 0.25) is 0 Å². The molecule has 0 unspecified atom stereocenters. The molecule has 0 saturated heterocycles. The number of nitrogens with two attached hydrogens (primary N) is 1. The maximum absolute atomic E-state index is 10.8. The first-order valence-corrected chi connectivity index (χ1v) is 6.58. The highest BCUT2D eigenvalue weighted by Crippen LogP contribution is 2.18.